The highest BCUT2D eigenvalue weighted by Gasteiger charge is 2.39. The lowest BCUT2D eigenvalue weighted by Crippen LogP contribution is -2.38. The van der Waals surface area contributed by atoms with Crippen molar-refractivity contribution in [2.45, 2.75) is 117 Å². The molecular weight excluding hydrogens is 759 g/mol. The van der Waals surface area contributed by atoms with Crippen LogP contribution in [0.15, 0.2) is 121 Å². The molecule has 1 aromatic heterocycles. The van der Waals surface area contributed by atoms with Gasteiger partial charge >= 0.3 is 0 Å². The van der Waals surface area contributed by atoms with E-state index in [9.17, 15) is 0 Å². The zero-order valence-electron chi connectivity index (χ0n) is 39.6. The summed E-state index contributed by atoms with van der Waals surface area (Å²) in [6.45, 7) is 30.4. The van der Waals surface area contributed by atoms with Crippen molar-refractivity contribution in [3.05, 3.63) is 160 Å². The van der Waals surface area contributed by atoms with Gasteiger partial charge in [-0.3, -0.25) is 0 Å². The minimum Gasteiger partial charge on any atom is -0.355 e. The number of benzene rings is 7. The lowest BCUT2D eigenvalue weighted by Gasteiger charge is -2.28. The van der Waals surface area contributed by atoms with Gasteiger partial charge in [-0.2, -0.15) is 0 Å². The predicted octanol–water partition coefficient (Wildman–Crippen LogP) is 14.7. The van der Waals surface area contributed by atoms with E-state index in [1.54, 1.807) is 0 Å². The molecule has 0 unspecified atom stereocenters. The topological polar surface area (TPSA) is 17.0 Å². The number of nitrogens with one attached hydrogen (secondary N) is 1. The molecule has 0 saturated heterocycles. The van der Waals surface area contributed by atoms with Gasteiger partial charge in [0.1, 0.15) is 0 Å². The number of fused-ring (bicyclic) bond motifs is 11. The molecule has 0 spiro atoms. The zero-order chi connectivity index (χ0) is 44.3. The molecule has 1 N–H and O–H groups in total. The second-order valence-electron chi connectivity index (χ2n) is 23.0. The fourth-order valence-corrected chi connectivity index (χ4v) is 11.2. The van der Waals surface area contributed by atoms with Crippen molar-refractivity contribution in [3.63, 3.8) is 0 Å². The molecule has 0 bridgehead atoms. The van der Waals surface area contributed by atoms with Crippen LogP contribution in [0.25, 0.3) is 60.9 Å². The smallest absolute Gasteiger partial charge is 0.197 e. The van der Waals surface area contributed by atoms with Gasteiger partial charge in [-0.05, 0) is 131 Å². The first-order valence-corrected chi connectivity index (χ1v) is 23.1. The molecule has 7 aromatic carbocycles. The molecular formula is C60H60BN2. The van der Waals surface area contributed by atoms with E-state index in [0.717, 1.165) is 11.4 Å². The lowest BCUT2D eigenvalue weighted by molar-refractivity contribution is 0.584. The van der Waals surface area contributed by atoms with Gasteiger partial charge in [-0.1, -0.05) is 174 Å². The average Bonchev–Trinajstić information content (AvgIpc) is 3.76. The Morgan fingerprint density at radius 3 is 1.75 bits per heavy atom. The van der Waals surface area contributed by atoms with Gasteiger partial charge in [0.25, 0.3) is 0 Å². The molecule has 1 radical (unpaired) electrons. The maximum atomic E-state index is 4.01. The fourth-order valence-electron chi connectivity index (χ4n) is 11.2. The van der Waals surface area contributed by atoms with Gasteiger partial charge in [0.05, 0.1) is 5.52 Å². The fraction of sp³-hybridized carbons (Fsp3) is 0.300. The average molecular weight is 820 g/mol. The van der Waals surface area contributed by atoms with Gasteiger partial charge in [-0.15, -0.1) is 0 Å². The molecule has 0 fully saturated rings. The molecule has 2 aliphatic carbocycles. The quantitative estimate of drug-likeness (QED) is 0.176. The summed E-state index contributed by atoms with van der Waals surface area (Å²) in [5.41, 5.74) is 25.9. The second kappa shape index (κ2) is 12.9. The Labute approximate surface area is 376 Å². The highest BCUT2D eigenvalue weighted by Crippen LogP contribution is 2.54. The van der Waals surface area contributed by atoms with Crippen LogP contribution in [0.5, 0.6) is 0 Å². The summed E-state index contributed by atoms with van der Waals surface area (Å²) >= 11 is 0. The van der Waals surface area contributed by atoms with Crippen molar-refractivity contribution in [1.29, 1.82) is 0 Å². The first-order chi connectivity index (χ1) is 29.6. The summed E-state index contributed by atoms with van der Waals surface area (Å²) in [6.07, 6.45) is 0. The molecule has 0 saturated carbocycles. The van der Waals surface area contributed by atoms with Gasteiger partial charge in [0, 0.05) is 49.7 Å². The monoisotopic (exact) mass is 819 g/mol. The van der Waals surface area contributed by atoms with Crippen LogP contribution in [-0.4, -0.2) is 11.8 Å². The minimum atomic E-state index is -0.164. The Balaban J connectivity index is 1.20. The highest BCUT2D eigenvalue weighted by molar-refractivity contribution is 6.73. The van der Waals surface area contributed by atoms with E-state index in [4.69, 9.17) is 0 Å². The molecule has 8 aromatic rings. The summed E-state index contributed by atoms with van der Waals surface area (Å²) in [5, 5.41) is 6.63. The molecule has 2 nitrogen and oxygen atoms in total. The molecule has 313 valence electrons. The number of aromatic nitrogens is 1. The van der Waals surface area contributed by atoms with Gasteiger partial charge < -0.3 is 9.88 Å². The van der Waals surface area contributed by atoms with Crippen LogP contribution in [0.1, 0.15) is 129 Å². The van der Waals surface area contributed by atoms with Crippen LogP contribution >= 0.6 is 0 Å². The second-order valence-corrected chi connectivity index (χ2v) is 23.0. The van der Waals surface area contributed by atoms with E-state index in [1.165, 1.54) is 111 Å². The van der Waals surface area contributed by atoms with Crippen molar-refractivity contribution in [3.8, 4) is 39.1 Å². The first-order valence-electron chi connectivity index (χ1n) is 23.1. The number of nitrogens with zero attached hydrogens (tertiary/aromatic N) is 1. The molecule has 3 aliphatic rings. The van der Waals surface area contributed by atoms with Gasteiger partial charge in [0.15, 0.2) is 7.28 Å². The van der Waals surface area contributed by atoms with Crippen molar-refractivity contribution >= 4 is 51.4 Å². The van der Waals surface area contributed by atoms with Crippen LogP contribution in [0.3, 0.4) is 0 Å². The number of hydrogen-bond donors (Lipinski definition) is 1. The van der Waals surface area contributed by atoms with E-state index >= 15 is 0 Å². The Hall–Kier alpha value is -5.80. The first kappa shape index (κ1) is 40.0. The van der Waals surface area contributed by atoms with E-state index in [0.29, 0.717) is 0 Å². The van der Waals surface area contributed by atoms with Crippen LogP contribution in [0.4, 0.5) is 11.4 Å². The lowest BCUT2D eigenvalue weighted by atomic mass is 9.58. The van der Waals surface area contributed by atoms with E-state index in [2.05, 4.69) is 228 Å². The van der Waals surface area contributed by atoms with Crippen LogP contribution in [-0.2, 0) is 27.1 Å². The summed E-state index contributed by atoms with van der Waals surface area (Å²) in [7, 11) is 2.50. The third kappa shape index (κ3) is 5.84. The number of anilines is 2. The number of rotatable bonds is 3. The molecule has 63 heavy (non-hydrogen) atoms. The summed E-state index contributed by atoms with van der Waals surface area (Å²) in [6, 6.07) is 47.4. The molecule has 1 aliphatic heterocycles. The Morgan fingerprint density at radius 2 is 1.03 bits per heavy atom. The van der Waals surface area contributed by atoms with Gasteiger partial charge in [0.2, 0.25) is 0 Å². The Morgan fingerprint density at radius 1 is 0.460 bits per heavy atom. The van der Waals surface area contributed by atoms with Crippen molar-refractivity contribution in [2.24, 2.45) is 0 Å². The normalized spacial score (nSPS) is 15.4. The van der Waals surface area contributed by atoms with E-state index < -0.39 is 0 Å². The highest BCUT2D eigenvalue weighted by atomic mass is 15.0. The summed E-state index contributed by atoms with van der Waals surface area (Å²) < 4.78 is 2.59. The third-order valence-corrected chi connectivity index (χ3v) is 15.1. The number of hydrogen-bond acceptors (Lipinski definition) is 1. The van der Waals surface area contributed by atoms with Crippen LogP contribution in [0.2, 0.25) is 0 Å². The van der Waals surface area contributed by atoms with Crippen molar-refractivity contribution in [1.82, 2.24) is 4.57 Å². The SMILES string of the molecule is CC(C)(C)c1ccc(Nc2cc3c(cc2-c2ccc4c5cc6c(cc5n5c4c2[B]c2cc(C(C)(C)C)ccc2-5)-c2ccccc2C6(C)C)-c2ccc(C(C)(C)C)cc2C3(C)C)cc1. The Kier molecular flexibility index (Phi) is 8.20. The maximum absolute atomic E-state index is 4.01. The van der Waals surface area contributed by atoms with Gasteiger partial charge in [-0.25, -0.2) is 0 Å². The van der Waals surface area contributed by atoms with Crippen molar-refractivity contribution < 1.29 is 0 Å². The van der Waals surface area contributed by atoms with Crippen LogP contribution in [0, 0.1) is 0 Å². The molecule has 3 heteroatoms. The Bertz CT molecular complexity index is 3260. The molecule has 2 heterocycles. The largest absolute Gasteiger partial charge is 0.355 e. The van der Waals surface area contributed by atoms with Crippen LogP contribution < -0.4 is 16.2 Å². The summed E-state index contributed by atoms with van der Waals surface area (Å²) in [4.78, 5) is 0. The molecule has 0 amide bonds. The zero-order valence-corrected chi connectivity index (χ0v) is 39.6. The summed E-state index contributed by atoms with van der Waals surface area (Å²) in [5.74, 6) is 0. The van der Waals surface area contributed by atoms with E-state index in [1.807, 2.05) is 0 Å². The molecule has 11 rings (SSSR count). The minimum absolute atomic E-state index is 0.0134. The third-order valence-electron chi connectivity index (χ3n) is 15.1. The molecule has 0 atom stereocenters. The standard InChI is InChI=1S/C60H60BN2/c1-56(2,3)34-18-22-37(23-19-34)62-51-33-49-42(39-24-20-35(57(4,5)6)28-47(39)60(49,12)13)30-44(51)40-25-26-41-45-31-48-43(38-16-14-15-17-46(38)59(48,10)11)32-53(45)63-52-27-21-36(58(7,8)9)29-50(52)61-54(40)55(41)63/h14-33,62H,1-13H3. The predicted molar refractivity (Wildman–Crippen MR) is 272 cm³/mol. The van der Waals surface area contributed by atoms with Crippen molar-refractivity contribution in [2.75, 3.05) is 5.32 Å². The maximum Gasteiger partial charge on any atom is 0.197 e. The van der Waals surface area contributed by atoms with E-state index in [-0.39, 0.29) is 27.1 Å².